The van der Waals surface area contributed by atoms with Crippen LogP contribution in [0.25, 0.3) is 0 Å². The molecule has 6 heteroatoms. The number of carbonyl (C=O) groups is 2. The van der Waals surface area contributed by atoms with E-state index in [2.05, 4.69) is 0 Å². The summed E-state index contributed by atoms with van der Waals surface area (Å²) in [4.78, 5) is 21.6. The van der Waals surface area contributed by atoms with Gasteiger partial charge in [-0.25, -0.2) is 9.59 Å². The minimum Gasteiger partial charge on any atom is -0.480 e. The third-order valence-electron chi connectivity index (χ3n) is 1.86. The van der Waals surface area contributed by atoms with E-state index < -0.39 is 24.2 Å². The Balaban J connectivity index is 2.77. The standard InChI is InChI=1S/C6H9NO5/c8-3-1-2-7(6(11)12)4(3)5(9)10/h3-4,8H,1-2H2,(H,9,10)(H,11,12). The Morgan fingerprint density at radius 3 is 2.25 bits per heavy atom. The van der Waals surface area contributed by atoms with Crippen LogP contribution in [0.2, 0.25) is 0 Å². The Labute approximate surface area is 68.0 Å². The number of aliphatic hydroxyl groups is 1. The first-order valence-corrected chi connectivity index (χ1v) is 3.44. The molecule has 6 nitrogen and oxygen atoms in total. The van der Waals surface area contributed by atoms with Gasteiger partial charge in [-0.3, -0.25) is 4.90 Å². The Morgan fingerprint density at radius 2 is 1.92 bits per heavy atom. The third-order valence-corrected chi connectivity index (χ3v) is 1.86. The molecule has 1 aliphatic rings. The van der Waals surface area contributed by atoms with Gasteiger partial charge in [-0.2, -0.15) is 0 Å². The summed E-state index contributed by atoms with van der Waals surface area (Å²) in [5.74, 6) is -1.30. The van der Waals surface area contributed by atoms with Gasteiger partial charge in [0.1, 0.15) is 0 Å². The first-order valence-electron chi connectivity index (χ1n) is 3.44. The average Bonchev–Trinajstić information content (AvgIpc) is 2.30. The van der Waals surface area contributed by atoms with Crippen molar-refractivity contribution in [1.82, 2.24) is 4.90 Å². The summed E-state index contributed by atoms with van der Waals surface area (Å²) < 4.78 is 0. The van der Waals surface area contributed by atoms with E-state index in [0.29, 0.717) is 0 Å². The summed E-state index contributed by atoms with van der Waals surface area (Å²) in [7, 11) is 0. The van der Waals surface area contributed by atoms with E-state index in [4.69, 9.17) is 15.3 Å². The fourth-order valence-electron chi connectivity index (χ4n) is 1.29. The Morgan fingerprint density at radius 1 is 1.33 bits per heavy atom. The maximum Gasteiger partial charge on any atom is 0.408 e. The highest BCUT2D eigenvalue weighted by molar-refractivity contribution is 5.80. The van der Waals surface area contributed by atoms with E-state index >= 15 is 0 Å². The van der Waals surface area contributed by atoms with Crippen molar-refractivity contribution < 1.29 is 24.9 Å². The summed E-state index contributed by atoms with van der Waals surface area (Å²) in [5.41, 5.74) is 0. The number of carboxylic acid groups (broad SMARTS) is 2. The molecule has 2 atom stereocenters. The van der Waals surface area contributed by atoms with Crippen LogP contribution in [0.4, 0.5) is 4.79 Å². The maximum atomic E-state index is 10.5. The van der Waals surface area contributed by atoms with Crippen LogP contribution in [0.1, 0.15) is 6.42 Å². The van der Waals surface area contributed by atoms with Crippen molar-refractivity contribution in [3.8, 4) is 0 Å². The number of aliphatic hydroxyl groups excluding tert-OH is 1. The highest BCUT2D eigenvalue weighted by Crippen LogP contribution is 2.17. The predicted molar refractivity (Wildman–Crippen MR) is 36.8 cm³/mol. The summed E-state index contributed by atoms with van der Waals surface area (Å²) in [6.45, 7) is 0.0769. The molecule has 0 spiro atoms. The molecule has 0 radical (unpaired) electrons. The van der Waals surface area contributed by atoms with Crippen LogP contribution < -0.4 is 0 Å². The van der Waals surface area contributed by atoms with Crippen LogP contribution in [-0.4, -0.2) is 51.0 Å². The van der Waals surface area contributed by atoms with Gasteiger partial charge in [0.2, 0.25) is 0 Å². The molecular weight excluding hydrogens is 166 g/mol. The number of aliphatic carboxylic acids is 1. The van der Waals surface area contributed by atoms with E-state index in [1.54, 1.807) is 0 Å². The molecule has 0 aromatic rings. The molecular formula is C6H9NO5. The molecule has 1 aliphatic heterocycles. The Hall–Kier alpha value is -1.30. The molecule has 0 aromatic heterocycles. The number of nitrogens with zero attached hydrogens (tertiary/aromatic N) is 1. The second-order valence-electron chi connectivity index (χ2n) is 2.62. The van der Waals surface area contributed by atoms with Crippen molar-refractivity contribution in [2.75, 3.05) is 6.54 Å². The van der Waals surface area contributed by atoms with Gasteiger partial charge in [0, 0.05) is 6.54 Å². The van der Waals surface area contributed by atoms with Gasteiger partial charge in [-0.15, -0.1) is 0 Å². The summed E-state index contributed by atoms with van der Waals surface area (Å²) >= 11 is 0. The highest BCUT2D eigenvalue weighted by atomic mass is 16.4. The first-order chi connectivity index (χ1) is 5.54. The van der Waals surface area contributed by atoms with E-state index in [1.807, 2.05) is 0 Å². The summed E-state index contributed by atoms with van der Waals surface area (Å²) in [6, 6.07) is -1.30. The quantitative estimate of drug-likeness (QED) is 0.484. The highest BCUT2D eigenvalue weighted by Gasteiger charge is 2.41. The lowest BCUT2D eigenvalue weighted by Crippen LogP contribution is -2.44. The molecule has 0 bridgehead atoms. The van der Waals surface area contributed by atoms with Gasteiger partial charge < -0.3 is 15.3 Å². The Kier molecular flexibility index (Phi) is 2.18. The molecule has 1 amide bonds. The van der Waals surface area contributed by atoms with Crippen LogP contribution in [0.5, 0.6) is 0 Å². The number of rotatable bonds is 1. The molecule has 1 fully saturated rings. The largest absolute Gasteiger partial charge is 0.480 e. The van der Waals surface area contributed by atoms with Gasteiger partial charge in [-0.1, -0.05) is 0 Å². The fraction of sp³-hybridized carbons (Fsp3) is 0.667. The molecule has 0 saturated carbocycles. The number of carboxylic acids is 1. The number of amides is 1. The van der Waals surface area contributed by atoms with Crippen LogP contribution in [0, 0.1) is 0 Å². The van der Waals surface area contributed by atoms with Crippen molar-refractivity contribution in [2.45, 2.75) is 18.6 Å². The average molecular weight is 175 g/mol. The zero-order chi connectivity index (χ0) is 9.30. The lowest BCUT2D eigenvalue weighted by Gasteiger charge is -2.18. The normalized spacial score (nSPS) is 28.9. The van der Waals surface area contributed by atoms with Crippen LogP contribution in [-0.2, 0) is 4.79 Å². The SMILES string of the molecule is O=C(O)C1C(O)CCN1C(=O)O. The zero-order valence-electron chi connectivity index (χ0n) is 6.17. The van der Waals surface area contributed by atoms with E-state index in [9.17, 15) is 9.59 Å². The first kappa shape index (κ1) is 8.79. The molecule has 0 aromatic carbocycles. The van der Waals surface area contributed by atoms with Crippen LogP contribution >= 0.6 is 0 Å². The van der Waals surface area contributed by atoms with E-state index in [1.165, 1.54) is 0 Å². The van der Waals surface area contributed by atoms with Crippen LogP contribution in [0.15, 0.2) is 0 Å². The lowest BCUT2D eigenvalue weighted by molar-refractivity contribution is -0.144. The Bertz CT molecular complexity index is 216. The van der Waals surface area contributed by atoms with Crippen molar-refractivity contribution in [2.24, 2.45) is 0 Å². The van der Waals surface area contributed by atoms with Crippen molar-refractivity contribution in [3.63, 3.8) is 0 Å². The van der Waals surface area contributed by atoms with Crippen molar-refractivity contribution in [3.05, 3.63) is 0 Å². The fourth-order valence-corrected chi connectivity index (χ4v) is 1.29. The summed E-state index contributed by atoms with van der Waals surface area (Å²) in [6.07, 6.45) is -2.21. The van der Waals surface area contributed by atoms with Gasteiger partial charge in [0.05, 0.1) is 6.10 Å². The lowest BCUT2D eigenvalue weighted by atomic mass is 10.2. The van der Waals surface area contributed by atoms with E-state index in [-0.39, 0.29) is 13.0 Å². The molecule has 2 unspecified atom stereocenters. The second kappa shape index (κ2) is 2.98. The zero-order valence-corrected chi connectivity index (χ0v) is 6.17. The topological polar surface area (TPSA) is 98.1 Å². The van der Waals surface area contributed by atoms with Gasteiger partial charge >= 0.3 is 12.1 Å². The molecule has 0 aliphatic carbocycles. The van der Waals surface area contributed by atoms with Crippen LogP contribution in [0.3, 0.4) is 0 Å². The molecule has 1 rings (SSSR count). The van der Waals surface area contributed by atoms with Gasteiger partial charge in [0.15, 0.2) is 6.04 Å². The van der Waals surface area contributed by atoms with Gasteiger partial charge in [0.25, 0.3) is 0 Å². The second-order valence-corrected chi connectivity index (χ2v) is 2.62. The number of likely N-dealkylation sites (tertiary alicyclic amines) is 1. The number of hydrogen-bond acceptors (Lipinski definition) is 3. The minimum absolute atomic E-state index is 0.0769. The van der Waals surface area contributed by atoms with E-state index in [0.717, 1.165) is 4.90 Å². The number of hydrogen-bond donors (Lipinski definition) is 3. The van der Waals surface area contributed by atoms with Crippen molar-refractivity contribution in [1.29, 1.82) is 0 Å². The summed E-state index contributed by atoms with van der Waals surface area (Å²) in [5, 5.41) is 26.1. The van der Waals surface area contributed by atoms with Crippen molar-refractivity contribution >= 4 is 12.1 Å². The third kappa shape index (κ3) is 1.33. The molecule has 3 N–H and O–H groups in total. The molecule has 1 saturated heterocycles. The maximum absolute atomic E-state index is 10.5. The predicted octanol–water partition coefficient (Wildman–Crippen LogP) is -0.816. The smallest absolute Gasteiger partial charge is 0.408 e. The van der Waals surface area contributed by atoms with Gasteiger partial charge in [-0.05, 0) is 6.42 Å². The minimum atomic E-state index is -1.31. The molecule has 68 valence electrons. The molecule has 1 heterocycles. The molecule has 12 heavy (non-hydrogen) atoms. The monoisotopic (exact) mass is 175 g/mol.